The third-order valence-electron chi connectivity index (χ3n) is 4.74. The fourth-order valence-corrected chi connectivity index (χ4v) is 4.30. The van der Waals surface area contributed by atoms with Crippen LogP contribution in [0.25, 0.3) is 0 Å². The SMILES string of the molecule is c1cncc(CO[C@@H]2CN(Cc3ccsc3)[C@@H]3CCCO[C@@H]32)c1. The largest absolute Gasteiger partial charge is 0.374 e. The van der Waals surface area contributed by atoms with E-state index in [0.717, 1.165) is 31.7 Å². The number of aromatic nitrogens is 1. The molecule has 2 aromatic heterocycles. The van der Waals surface area contributed by atoms with Gasteiger partial charge in [-0.3, -0.25) is 9.88 Å². The fourth-order valence-electron chi connectivity index (χ4n) is 3.64. The Morgan fingerprint density at radius 1 is 1.35 bits per heavy atom. The Morgan fingerprint density at radius 2 is 2.35 bits per heavy atom. The highest BCUT2D eigenvalue weighted by Gasteiger charge is 2.44. The molecule has 4 nitrogen and oxygen atoms in total. The molecule has 0 unspecified atom stereocenters. The molecule has 4 rings (SSSR count). The molecule has 122 valence electrons. The van der Waals surface area contributed by atoms with Gasteiger partial charge in [-0.1, -0.05) is 6.07 Å². The average Bonchev–Trinajstić information content (AvgIpc) is 3.23. The lowest BCUT2D eigenvalue weighted by Gasteiger charge is -2.32. The maximum atomic E-state index is 6.20. The van der Waals surface area contributed by atoms with Crippen molar-refractivity contribution >= 4 is 11.3 Å². The lowest BCUT2D eigenvalue weighted by molar-refractivity contribution is -0.0819. The van der Waals surface area contributed by atoms with Gasteiger partial charge in [-0.05, 0) is 46.9 Å². The first-order valence-corrected chi connectivity index (χ1v) is 9.21. The van der Waals surface area contributed by atoms with Gasteiger partial charge in [0.25, 0.3) is 0 Å². The fraction of sp³-hybridized carbons (Fsp3) is 0.500. The summed E-state index contributed by atoms with van der Waals surface area (Å²) < 4.78 is 12.3. The molecule has 23 heavy (non-hydrogen) atoms. The predicted octanol–water partition coefficient (Wildman–Crippen LogP) is 3.09. The minimum atomic E-state index is 0.152. The lowest BCUT2D eigenvalue weighted by atomic mass is 10.0. The molecule has 0 aromatic carbocycles. The lowest BCUT2D eigenvalue weighted by Crippen LogP contribution is -2.41. The maximum absolute atomic E-state index is 6.20. The van der Waals surface area contributed by atoms with Crippen molar-refractivity contribution in [1.82, 2.24) is 9.88 Å². The summed E-state index contributed by atoms with van der Waals surface area (Å²) >= 11 is 1.76. The molecule has 0 spiro atoms. The maximum Gasteiger partial charge on any atom is 0.100 e. The van der Waals surface area contributed by atoms with E-state index in [2.05, 4.69) is 32.8 Å². The monoisotopic (exact) mass is 330 g/mol. The molecule has 0 N–H and O–H groups in total. The summed E-state index contributed by atoms with van der Waals surface area (Å²) in [6.07, 6.45) is 6.38. The van der Waals surface area contributed by atoms with Crippen LogP contribution in [0.2, 0.25) is 0 Å². The van der Waals surface area contributed by atoms with Gasteiger partial charge in [-0.25, -0.2) is 0 Å². The van der Waals surface area contributed by atoms with E-state index in [1.54, 1.807) is 17.5 Å². The predicted molar refractivity (Wildman–Crippen MR) is 90.3 cm³/mol. The van der Waals surface area contributed by atoms with Gasteiger partial charge in [0, 0.05) is 38.1 Å². The van der Waals surface area contributed by atoms with Crippen molar-refractivity contribution in [3.8, 4) is 0 Å². The highest BCUT2D eigenvalue weighted by Crippen LogP contribution is 2.32. The number of nitrogens with zero attached hydrogens (tertiary/aromatic N) is 2. The molecule has 2 aliphatic heterocycles. The van der Waals surface area contributed by atoms with Crippen LogP contribution in [0.1, 0.15) is 24.0 Å². The van der Waals surface area contributed by atoms with Crippen molar-refractivity contribution in [1.29, 1.82) is 0 Å². The van der Waals surface area contributed by atoms with Crippen LogP contribution in [0.4, 0.5) is 0 Å². The number of hydrogen-bond donors (Lipinski definition) is 0. The second-order valence-corrected chi connectivity index (χ2v) is 7.10. The number of likely N-dealkylation sites (tertiary alicyclic amines) is 1. The van der Waals surface area contributed by atoms with Crippen LogP contribution in [0.15, 0.2) is 41.4 Å². The molecule has 0 saturated carbocycles. The second-order valence-electron chi connectivity index (χ2n) is 6.32. The van der Waals surface area contributed by atoms with E-state index in [9.17, 15) is 0 Å². The Bertz CT molecular complexity index is 605. The first-order chi connectivity index (χ1) is 11.4. The third kappa shape index (κ3) is 3.48. The van der Waals surface area contributed by atoms with E-state index >= 15 is 0 Å². The zero-order valence-corrected chi connectivity index (χ0v) is 14.0. The zero-order chi connectivity index (χ0) is 15.5. The molecule has 0 radical (unpaired) electrons. The molecule has 0 bridgehead atoms. The summed E-state index contributed by atoms with van der Waals surface area (Å²) in [7, 11) is 0. The van der Waals surface area contributed by atoms with Crippen molar-refractivity contribution in [3.63, 3.8) is 0 Å². The van der Waals surface area contributed by atoms with Crippen LogP contribution in [0.5, 0.6) is 0 Å². The molecule has 3 atom stereocenters. The van der Waals surface area contributed by atoms with Crippen LogP contribution in [0.3, 0.4) is 0 Å². The van der Waals surface area contributed by atoms with Crippen molar-refractivity contribution in [2.75, 3.05) is 13.2 Å². The molecular weight excluding hydrogens is 308 g/mol. The van der Waals surface area contributed by atoms with E-state index in [1.807, 2.05) is 12.3 Å². The van der Waals surface area contributed by atoms with Gasteiger partial charge in [-0.2, -0.15) is 11.3 Å². The summed E-state index contributed by atoms with van der Waals surface area (Å²) in [6, 6.07) is 6.72. The molecule has 0 amide bonds. The topological polar surface area (TPSA) is 34.6 Å². The second kappa shape index (κ2) is 7.09. The van der Waals surface area contributed by atoms with E-state index in [-0.39, 0.29) is 12.2 Å². The Hall–Kier alpha value is -1.27. The Balaban J connectivity index is 1.42. The normalized spacial score (nSPS) is 27.9. The molecule has 2 aliphatic rings. The first kappa shape index (κ1) is 15.3. The molecule has 0 aliphatic carbocycles. The quantitative estimate of drug-likeness (QED) is 0.844. The Kier molecular flexibility index (Phi) is 4.71. The highest BCUT2D eigenvalue weighted by molar-refractivity contribution is 7.07. The van der Waals surface area contributed by atoms with Crippen molar-refractivity contribution in [3.05, 3.63) is 52.5 Å². The van der Waals surface area contributed by atoms with Crippen molar-refractivity contribution < 1.29 is 9.47 Å². The van der Waals surface area contributed by atoms with Gasteiger partial charge in [0.05, 0.1) is 12.7 Å². The number of hydrogen-bond acceptors (Lipinski definition) is 5. The molecular formula is C18H22N2O2S. The van der Waals surface area contributed by atoms with Crippen LogP contribution in [-0.4, -0.2) is 41.3 Å². The van der Waals surface area contributed by atoms with E-state index < -0.39 is 0 Å². The third-order valence-corrected chi connectivity index (χ3v) is 5.47. The highest BCUT2D eigenvalue weighted by atomic mass is 32.1. The minimum Gasteiger partial charge on any atom is -0.374 e. The van der Waals surface area contributed by atoms with Gasteiger partial charge in [0.2, 0.25) is 0 Å². The summed E-state index contributed by atoms with van der Waals surface area (Å²) in [5, 5.41) is 4.39. The molecule has 2 aromatic rings. The molecule has 5 heteroatoms. The number of thiophene rings is 1. The standard InChI is InChI=1S/C18H22N2O2S/c1-3-14(9-19-6-1)12-22-17-11-20(10-15-5-8-23-13-15)16-4-2-7-21-18(16)17/h1,3,5-6,8-9,13,16-18H,2,4,7,10-12H2/t16-,17-,18+/m1/s1. The van der Waals surface area contributed by atoms with E-state index in [4.69, 9.17) is 9.47 Å². The average molecular weight is 330 g/mol. The Morgan fingerprint density at radius 3 is 3.17 bits per heavy atom. The number of pyridine rings is 1. The van der Waals surface area contributed by atoms with Gasteiger partial charge in [0.1, 0.15) is 6.10 Å². The summed E-state index contributed by atoms with van der Waals surface area (Å²) in [4.78, 5) is 6.70. The van der Waals surface area contributed by atoms with Gasteiger partial charge in [0.15, 0.2) is 0 Å². The molecule has 2 saturated heterocycles. The van der Waals surface area contributed by atoms with Crippen molar-refractivity contribution in [2.45, 2.75) is 44.2 Å². The van der Waals surface area contributed by atoms with Gasteiger partial charge in [-0.15, -0.1) is 0 Å². The van der Waals surface area contributed by atoms with Gasteiger partial charge >= 0.3 is 0 Å². The number of rotatable bonds is 5. The number of ether oxygens (including phenoxy) is 2. The van der Waals surface area contributed by atoms with E-state index in [0.29, 0.717) is 12.6 Å². The van der Waals surface area contributed by atoms with Crippen LogP contribution in [-0.2, 0) is 22.6 Å². The smallest absolute Gasteiger partial charge is 0.100 e. The summed E-state index contributed by atoms with van der Waals surface area (Å²) in [5.41, 5.74) is 2.52. The number of fused-ring (bicyclic) bond motifs is 1. The Labute approximate surface area is 141 Å². The van der Waals surface area contributed by atoms with Crippen molar-refractivity contribution in [2.24, 2.45) is 0 Å². The summed E-state index contributed by atoms with van der Waals surface area (Å²) in [5.74, 6) is 0. The van der Waals surface area contributed by atoms with Crippen LogP contribution < -0.4 is 0 Å². The molecule has 4 heterocycles. The van der Waals surface area contributed by atoms with Crippen LogP contribution >= 0.6 is 11.3 Å². The minimum absolute atomic E-state index is 0.152. The van der Waals surface area contributed by atoms with Gasteiger partial charge < -0.3 is 9.47 Å². The first-order valence-electron chi connectivity index (χ1n) is 8.27. The zero-order valence-electron chi connectivity index (χ0n) is 13.1. The summed E-state index contributed by atoms with van der Waals surface area (Å²) in [6.45, 7) is 3.42. The van der Waals surface area contributed by atoms with E-state index in [1.165, 1.54) is 12.0 Å². The van der Waals surface area contributed by atoms with Crippen LogP contribution in [0, 0.1) is 0 Å². The molecule has 2 fully saturated rings.